The molecule has 0 fully saturated rings. The largest absolute Gasteiger partial charge is 0.464 e. The van der Waals surface area contributed by atoms with Gasteiger partial charge in [0.25, 0.3) is 0 Å². The molecule has 0 saturated heterocycles. The minimum Gasteiger partial charge on any atom is -0.464 e. The molecule has 2 aliphatic carbocycles. The van der Waals surface area contributed by atoms with Gasteiger partial charge in [0, 0.05) is 5.92 Å². The molecule has 5 nitrogen and oxygen atoms in total. The third kappa shape index (κ3) is 3.12. The number of hydrogen-bond acceptors (Lipinski definition) is 5. The van der Waals surface area contributed by atoms with Crippen LogP contribution in [0.3, 0.4) is 0 Å². The van der Waals surface area contributed by atoms with Gasteiger partial charge < -0.3 is 10.5 Å². The van der Waals surface area contributed by atoms with Crippen LogP contribution in [0.1, 0.15) is 52.0 Å². The minimum atomic E-state index is -1.75. The van der Waals surface area contributed by atoms with E-state index in [1.165, 1.54) is 0 Å². The van der Waals surface area contributed by atoms with Crippen molar-refractivity contribution in [3.05, 3.63) is 58.3 Å². The molecule has 150 valence electrons. The molecule has 3 rings (SSSR count). The summed E-state index contributed by atoms with van der Waals surface area (Å²) in [7, 11) is 0. The van der Waals surface area contributed by atoms with Crippen LogP contribution in [0.4, 0.5) is 0 Å². The summed E-state index contributed by atoms with van der Waals surface area (Å²) in [5.74, 6) is -1.17. The summed E-state index contributed by atoms with van der Waals surface area (Å²) in [4.78, 5) is 13.2. The van der Waals surface area contributed by atoms with Crippen molar-refractivity contribution in [2.75, 3.05) is 6.61 Å². The highest BCUT2D eigenvalue weighted by molar-refractivity contribution is 5.88. The van der Waals surface area contributed by atoms with Crippen LogP contribution in [0.15, 0.2) is 52.7 Å². The molecule has 3 atom stereocenters. The summed E-state index contributed by atoms with van der Waals surface area (Å²) in [6.45, 7) is 8.29. The average Bonchev–Trinajstić information content (AvgIpc) is 2.67. The molecule has 5 heteroatoms. The lowest BCUT2D eigenvalue weighted by Gasteiger charge is -2.47. The van der Waals surface area contributed by atoms with Crippen molar-refractivity contribution in [3.63, 3.8) is 0 Å². The van der Waals surface area contributed by atoms with Crippen LogP contribution in [0, 0.1) is 39.4 Å². The van der Waals surface area contributed by atoms with Gasteiger partial charge in [-0.25, -0.2) is 4.79 Å². The molecule has 0 radical (unpaired) electrons. The third-order valence-corrected chi connectivity index (χ3v) is 6.15. The van der Waals surface area contributed by atoms with E-state index in [4.69, 9.17) is 10.5 Å². The first kappa shape index (κ1) is 20.7. The molecule has 0 aromatic heterocycles. The normalized spacial score (nSPS) is 28.2. The molecule has 1 aromatic rings. The van der Waals surface area contributed by atoms with Gasteiger partial charge in [-0.15, -0.1) is 0 Å². The zero-order chi connectivity index (χ0) is 21.4. The fraction of sp³-hybridized carbons (Fsp3) is 0.458. The number of carbonyl (C=O) groups excluding carboxylic acids is 1. The lowest BCUT2D eigenvalue weighted by molar-refractivity contribution is -0.151. The average molecular weight is 389 g/mol. The molecule has 0 bridgehead atoms. The number of allylic oxidation sites excluding steroid dienone is 3. The van der Waals surface area contributed by atoms with Crippen LogP contribution in [0.25, 0.3) is 0 Å². The topological polar surface area (TPSA) is 99.9 Å². The molecule has 2 N–H and O–H groups in total. The van der Waals surface area contributed by atoms with E-state index < -0.39 is 17.3 Å². The maximum atomic E-state index is 13.2. The predicted octanol–water partition coefficient (Wildman–Crippen LogP) is 4.35. The van der Waals surface area contributed by atoms with Crippen molar-refractivity contribution in [3.8, 4) is 12.1 Å². The van der Waals surface area contributed by atoms with E-state index >= 15 is 0 Å². The number of benzene rings is 1. The monoisotopic (exact) mass is 389 g/mol. The van der Waals surface area contributed by atoms with Gasteiger partial charge in [0.15, 0.2) is 0 Å². The number of hydrogen-bond donors (Lipinski definition) is 1. The van der Waals surface area contributed by atoms with Crippen LogP contribution >= 0.6 is 0 Å². The number of rotatable bonds is 3. The van der Waals surface area contributed by atoms with Gasteiger partial charge in [0.1, 0.15) is 6.07 Å². The molecule has 0 spiro atoms. The number of carbonyl (C=O) groups is 1. The van der Waals surface area contributed by atoms with Gasteiger partial charge >= 0.3 is 5.97 Å². The van der Waals surface area contributed by atoms with E-state index in [1.807, 2.05) is 30.3 Å². The van der Waals surface area contributed by atoms with Crippen LogP contribution in [-0.2, 0) is 9.53 Å². The highest BCUT2D eigenvalue weighted by Gasteiger charge is 2.58. The SMILES string of the molecule is CCOC(=O)C1(C#N)C(N)=C(C#N)C2=C(C(C)CC(C)(C)C2)C1c1ccccc1. The lowest BCUT2D eigenvalue weighted by atomic mass is 9.55. The molecule has 0 aliphatic heterocycles. The first-order valence-electron chi connectivity index (χ1n) is 10.0. The molecular formula is C24H27N3O2. The van der Waals surface area contributed by atoms with Crippen molar-refractivity contribution in [1.29, 1.82) is 10.5 Å². The van der Waals surface area contributed by atoms with Gasteiger partial charge in [-0.1, -0.05) is 56.7 Å². The standard InChI is InChI=1S/C24H27N3O2/c1-5-29-22(28)24(14-26)20(16-9-7-6-8-10-16)19-15(2)11-23(3,4)12-17(19)18(13-25)21(24)27/h6-10,15,20H,5,11-12,27H2,1-4H3. The maximum Gasteiger partial charge on any atom is 0.333 e. The zero-order valence-corrected chi connectivity index (χ0v) is 17.5. The van der Waals surface area contributed by atoms with Crippen LogP contribution < -0.4 is 5.73 Å². The third-order valence-electron chi connectivity index (χ3n) is 6.15. The smallest absolute Gasteiger partial charge is 0.333 e. The zero-order valence-electron chi connectivity index (χ0n) is 17.5. The Labute approximate surface area is 172 Å². The fourth-order valence-electron chi connectivity index (χ4n) is 5.17. The molecular weight excluding hydrogens is 362 g/mol. The summed E-state index contributed by atoms with van der Waals surface area (Å²) in [6, 6.07) is 13.9. The summed E-state index contributed by atoms with van der Waals surface area (Å²) in [6.07, 6.45) is 1.59. The van der Waals surface area contributed by atoms with E-state index in [9.17, 15) is 15.3 Å². The van der Waals surface area contributed by atoms with Gasteiger partial charge in [-0.05, 0) is 42.2 Å². The molecule has 3 unspecified atom stereocenters. The highest BCUT2D eigenvalue weighted by Crippen LogP contribution is 2.58. The van der Waals surface area contributed by atoms with Crippen LogP contribution in [0.2, 0.25) is 0 Å². The number of nitriles is 2. The summed E-state index contributed by atoms with van der Waals surface area (Å²) < 4.78 is 5.34. The quantitative estimate of drug-likeness (QED) is 0.775. The second kappa shape index (κ2) is 7.41. The molecule has 2 aliphatic rings. The Morgan fingerprint density at radius 1 is 1.28 bits per heavy atom. The van der Waals surface area contributed by atoms with E-state index in [1.54, 1.807) is 6.92 Å². The first-order chi connectivity index (χ1) is 13.7. The van der Waals surface area contributed by atoms with E-state index in [-0.39, 0.29) is 29.2 Å². The molecule has 1 aromatic carbocycles. The Morgan fingerprint density at radius 3 is 2.48 bits per heavy atom. The van der Waals surface area contributed by atoms with Crippen LogP contribution in [-0.4, -0.2) is 12.6 Å². The molecule has 29 heavy (non-hydrogen) atoms. The summed E-state index contributed by atoms with van der Waals surface area (Å²) >= 11 is 0. The number of ether oxygens (including phenoxy) is 1. The van der Waals surface area contributed by atoms with E-state index in [0.29, 0.717) is 6.42 Å². The Hall–Kier alpha value is -3.05. The van der Waals surface area contributed by atoms with Crippen molar-refractivity contribution in [2.45, 2.75) is 46.5 Å². The van der Waals surface area contributed by atoms with Crippen molar-refractivity contribution in [1.82, 2.24) is 0 Å². The lowest BCUT2D eigenvalue weighted by Crippen LogP contribution is -2.48. The molecule has 0 amide bonds. The van der Waals surface area contributed by atoms with Crippen molar-refractivity contribution in [2.24, 2.45) is 22.5 Å². The number of nitrogens with two attached hydrogens (primary N) is 1. The van der Waals surface area contributed by atoms with E-state index in [2.05, 4.69) is 32.9 Å². The first-order valence-corrected chi connectivity index (χ1v) is 10.0. The van der Waals surface area contributed by atoms with Crippen molar-refractivity contribution < 1.29 is 9.53 Å². The minimum absolute atomic E-state index is 0.00155. The summed E-state index contributed by atoms with van der Waals surface area (Å²) in [5, 5.41) is 20.3. The number of esters is 1. The van der Waals surface area contributed by atoms with Crippen LogP contribution in [0.5, 0.6) is 0 Å². The molecule has 0 heterocycles. The Morgan fingerprint density at radius 2 is 1.93 bits per heavy atom. The predicted molar refractivity (Wildman–Crippen MR) is 110 cm³/mol. The second-order valence-electron chi connectivity index (χ2n) is 8.76. The van der Waals surface area contributed by atoms with E-state index in [0.717, 1.165) is 23.1 Å². The fourth-order valence-corrected chi connectivity index (χ4v) is 5.17. The van der Waals surface area contributed by atoms with Gasteiger partial charge in [-0.2, -0.15) is 10.5 Å². The Bertz CT molecular complexity index is 976. The summed E-state index contributed by atoms with van der Waals surface area (Å²) in [5.41, 5.74) is 7.69. The molecule has 0 saturated carbocycles. The maximum absolute atomic E-state index is 13.2. The van der Waals surface area contributed by atoms with Gasteiger partial charge in [0.2, 0.25) is 5.41 Å². The van der Waals surface area contributed by atoms with Gasteiger partial charge in [0.05, 0.1) is 23.9 Å². The highest BCUT2D eigenvalue weighted by atomic mass is 16.5. The Balaban J connectivity index is 2.40. The second-order valence-corrected chi connectivity index (χ2v) is 8.76. The van der Waals surface area contributed by atoms with Crippen molar-refractivity contribution >= 4 is 5.97 Å². The Kier molecular flexibility index (Phi) is 5.28. The van der Waals surface area contributed by atoms with Gasteiger partial charge in [-0.3, -0.25) is 0 Å². The number of nitrogens with zero attached hydrogens (tertiary/aromatic N) is 2.